The Morgan fingerprint density at radius 2 is 1.96 bits per heavy atom. The molecule has 1 aromatic carbocycles. The van der Waals surface area contributed by atoms with E-state index in [0.29, 0.717) is 4.91 Å². The molecule has 1 aliphatic rings. The van der Waals surface area contributed by atoms with Crippen LogP contribution in [0.3, 0.4) is 0 Å². The molecular formula is C21H20N2O2S. The standard InChI is InChI=1S/C21H20N2O2S/c1-5-11-22-20(24)19(26-21(22)25)13-17-12-14(3)23(15(17)4)18-10-8-7-9-16(18)6-2/h1,7-10,12-13H,6,11H2,2-4H3/b19-13-. The Morgan fingerprint density at radius 1 is 1.23 bits per heavy atom. The highest BCUT2D eigenvalue weighted by Crippen LogP contribution is 2.33. The van der Waals surface area contributed by atoms with Gasteiger partial charge < -0.3 is 4.57 Å². The molecule has 0 spiro atoms. The van der Waals surface area contributed by atoms with Crippen molar-refractivity contribution < 1.29 is 9.59 Å². The first-order valence-corrected chi connectivity index (χ1v) is 9.25. The molecular weight excluding hydrogens is 344 g/mol. The van der Waals surface area contributed by atoms with Gasteiger partial charge in [-0.2, -0.15) is 0 Å². The smallest absolute Gasteiger partial charge is 0.294 e. The van der Waals surface area contributed by atoms with Gasteiger partial charge in [0.15, 0.2) is 0 Å². The van der Waals surface area contributed by atoms with E-state index in [-0.39, 0.29) is 17.7 Å². The Kier molecular flexibility index (Phi) is 5.06. The SMILES string of the molecule is C#CCN1C(=O)S/C(=C\c2cc(C)n(-c3ccccc3CC)c2C)C1=O. The maximum Gasteiger partial charge on any atom is 0.294 e. The van der Waals surface area contributed by atoms with Crippen LogP contribution in [0.25, 0.3) is 11.8 Å². The van der Waals surface area contributed by atoms with Crippen LogP contribution in [0.15, 0.2) is 35.2 Å². The zero-order valence-corrected chi connectivity index (χ0v) is 15.9. The van der Waals surface area contributed by atoms with Crippen LogP contribution in [0.1, 0.15) is 29.4 Å². The molecule has 0 atom stereocenters. The number of imide groups is 1. The van der Waals surface area contributed by atoms with E-state index in [4.69, 9.17) is 6.42 Å². The van der Waals surface area contributed by atoms with Crippen molar-refractivity contribution in [1.82, 2.24) is 9.47 Å². The number of para-hydroxylation sites is 1. The maximum atomic E-state index is 12.4. The molecule has 0 bridgehead atoms. The van der Waals surface area contributed by atoms with Crippen LogP contribution < -0.4 is 0 Å². The summed E-state index contributed by atoms with van der Waals surface area (Å²) in [6.07, 6.45) is 7.97. The highest BCUT2D eigenvalue weighted by atomic mass is 32.2. The predicted molar refractivity (Wildman–Crippen MR) is 106 cm³/mol. The fraction of sp³-hybridized carbons (Fsp3) is 0.238. The summed E-state index contributed by atoms with van der Waals surface area (Å²) in [6.45, 7) is 6.21. The molecule has 0 aliphatic carbocycles. The normalized spacial score (nSPS) is 15.8. The lowest BCUT2D eigenvalue weighted by molar-refractivity contribution is -0.122. The topological polar surface area (TPSA) is 42.3 Å². The van der Waals surface area contributed by atoms with E-state index in [9.17, 15) is 9.59 Å². The molecule has 1 saturated heterocycles. The van der Waals surface area contributed by atoms with Gasteiger partial charge >= 0.3 is 0 Å². The van der Waals surface area contributed by atoms with Crippen molar-refractivity contribution >= 4 is 29.0 Å². The Morgan fingerprint density at radius 3 is 2.65 bits per heavy atom. The van der Waals surface area contributed by atoms with E-state index < -0.39 is 0 Å². The minimum atomic E-state index is -0.322. The largest absolute Gasteiger partial charge is 0.318 e. The summed E-state index contributed by atoms with van der Waals surface area (Å²) in [5.41, 5.74) is 5.45. The molecule has 26 heavy (non-hydrogen) atoms. The molecule has 0 unspecified atom stereocenters. The molecule has 1 aromatic heterocycles. The minimum Gasteiger partial charge on any atom is -0.318 e. The third-order valence-electron chi connectivity index (χ3n) is 4.49. The van der Waals surface area contributed by atoms with Crippen LogP contribution in [0.4, 0.5) is 4.79 Å². The first-order valence-electron chi connectivity index (χ1n) is 8.44. The van der Waals surface area contributed by atoms with Gasteiger partial charge in [0.05, 0.1) is 11.4 Å². The number of benzene rings is 1. The summed E-state index contributed by atoms with van der Waals surface area (Å²) < 4.78 is 2.19. The molecule has 1 aliphatic heterocycles. The van der Waals surface area contributed by atoms with Gasteiger partial charge in [-0.1, -0.05) is 31.0 Å². The Hall–Kier alpha value is -2.71. The van der Waals surface area contributed by atoms with Crippen molar-refractivity contribution in [3.63, 3.8) is 0 Å². The number of carbonyl (C=O) groups is 2. The average Bonchev–Trinajstić information content (AvgIpc) is 3.05. The minimum absolute atomic E-state index is 0.00486. The van der Waals surface area contributed by atoms with Gasteiger partial charge in [-0.25, -0.2) is 0 Å². The third kappa shape index (κ3) is 3.09. The Balaban J connectivity index is 2.03. The summed E-state index contributed by atoms with van der Waals surface area (Å²) in [4.78, 5) is 25.9. The third-order valence-corrected chi connectivity index (χ3v) is 5.40. The number of thioether (sulfide) groups is 1. The van der Waals surface area contributed by atoms with Gasteiger partial charge in [-0.3, -0.25) is 14.5 Å². The summed E-state index contributed by atoms with van der Waals surface area (Å²) in [7, 11) is 0. The number of aryl methyl sites for hydroxylation is 2. The monoisotopic (exact) mass is 364 g/mol. The lowest BCUT2D eigenvalue weighted by Crippen LogP contribution is -2.28. The van der Waals surface area contributed by atoms with Gasteiger partial charge in [0, 0.05) is 17.1 Å². The number of rotatable bonds is 4. The highest BCUT2D eigenvalue weighted by molar-refractivity contribution is 8.18. The summed E-state index contributed by atoms with van der Waals surface area (Å²) in [5, 5.41) is -0.315. The summed E-state index contributed by atoms with van der Waals surface area (Å²) >= 11 is 0.938. The first-order chi connectivity index (χ1) is 12.5. The molecule has 5 heteroatoms. The molecule has 0 radical (unpaired) electrons. The second-order valence-electron chi connectivity index (χ2n) is 6.12. The van der Waals surface area contributed by atoms with Crippen molar-refractivity contribution in [3.8, 4) is 18.0 Å². The molecule has 2 aromatic rings. The number of terminal acetylenes is 1. The van der Waals surface area contributed by atoms with Crippen LogP contribution in [0.2, 0.25) is 0 Å². The number of carbonyl (C=O) groups excluding carboxylic acids is 2. The fourth-order valence-corrected chi connectivity index (χ4v) is 4.03. The van der Waals surface area contributed by atoms with E-state index in [1.807, 2.05) is 32.0 Å². The first kappa shape index (κ1) is 18.1. The van der Waals surface area contributed by atoms with Gasteiger partial charge in [-0.15, -0.1) is 6.42 Å². The number of nitrogens with zero attached hydrogens (tertiary/aromatic N) is 2. The molecule has 132 valence electrons. The zero-order chi connectivity index (χ0) is 18.8. The average molecular weight is 364 g/mol. The van der Waals surface area contributed by atoms with E-state index in [2.05, 4.69) is 29.5 Å². The van der Waals surface area contributed by atoms with Crippen molar-refractivity contribution in [1.29, 1.82) is 0 Å². The Bertz CT molecular complexity index is 963. The second kappa shape index (κ2) is 7.27. The quantitative estimate of drug-likeness (QED) is 0.599. The molecule has 3 rings (SSSR count). The second-order valence-corrected chi connectivity index (χ2v) is 7.11. The van der Waals surface area contributed by atoms with Gasteiger partial charge in [0.25, 0.3) is 11.1 Å². The molecule has 4 nitrogen and oxygen atoms in total. The van der Waals surface area contributed by atoms with Crippen molar-refractivity contribution in [2.45, 2.75) is 27.2 Å². The summed E-state index contributed by atoms with van der Waals surface area (Å²) in [6, 6.07) is 10.3. The van der Waals surface area contributed by atoms with Crippen LogP contribution in [0.5, 0.6) is 0 Å². The lowest BCUT2D eigenvalue weighted by Gasteiger charge is -2.14. The van der Waals surface area contributed by atoms with Gasteiger partial charge in [0.1, 0.15) is 0 Å². The van der Waals surface area contributed by atoms with E-state index in [1.165, 1.54) is 5.56 Å². The molecule has 1 fully saturated rings. The van der Waals surface area contributed by atoms with Crippen LogP contribution in [-0.4, -0.2) is 27.2 Å². The predicted octanol–water partition coefficient (Wildman–Crippen LogP) is 4.33. The van der Waals surface area contributed by atoms with Crippen molar-refractivity contribution in [2.24, 2.45) is 0 Å². The fourth-order valence-electron chi connectivity index (χ4n) is 3.20. The zero-order valence-electron chi connectivity index (χ0n) is 15.1. The molecule has 2 amide bonds. The number of amides is 2. The van der Waals surface area contributed by atoms with Crippen molar-refractivity contribution in [2.75, 3.05) is 6.54 Å². The van der Waals surface area contributed by atoms with Crippen LogP contribution in [-0.2, 0) is 11.2 Å². The van der Waals surface area contributed by atoms with E-state index >= 15 is 0 Å². The number of hydrogen-bond donors (Lipinski definition) is 0. The number of hydrogen-bond acceptors (Lipinski definition) is 3. The molecule has 0 N–H and O–H groups in total. The van der Waals surface area contributed by atoms with E-state index in [0.717, 1.165) is 45.7 Å². The van der Waals surface area contributed by atoms with Gasteiger partial charge in [0.2, 0.25) is 0 Å². The molecule has 2 heterocycles. The van der Waals surface area contributed by atoms with E-state index in [1.54, 1.807) is 6.08 Å². The molecule has 0 saturated carbocycles. The summed E-state index contributed by atoms with van der Waals surface area (Å²) in [5.74, 6) is 2.03. The van der Waals surface area contributed by atoms with Crippen LogP contribution >= 0.6 is 11.8 Å². The maximum absolute atomic E-state index is 12.4. The van der Waals surface area contributed by atoms with Crippen molar-refractivity contribution in [3.05, 3.63) is 57.8 Å². The van der Waals surface area contributed by atoms with Gasteiger partial charge in [-0.05, 0) is 61.4 Å². The highest BCUT2D eigenvalue weighted by Gasteiger charge is 2.34. The van der Waals surface area contributed by atoms with Crippen LogP contribution in [0, 0.1) is 26.2 Å². The Labute approximate surface area is 157 Å². The lowest BCUT2D eigenvalue weighted by atomic mass is 10.1. The number of aromatic nitrogens is 1.